The second-order valence-corrected chi connectivity index (χ2v) is 9.03. The molecule has 1 aromatic heterocycles. The topological polar surface area (TPSA) is 36.4 Å². The van der Waals surface area contributed by atoms with E-state index in [0.29, 0.717) is 30.8 Å². The molecule has 0 radical (unpaired) electrons. The van der Waals surface area contributed by atoms with Crippen LogP contribution in [0.1, 0.15) is 61.4 Å². The minimum Gasteiger partial charge on any atom is -0.387 e. The van der Waals surface area contributed by atoms with Crippen LogP contribution in [0.5, 0.6) is 0 Å². The number of pyridine rings is 1. The van der Waals surface area contributed by atoms with Gasteiger partial charge in [0.1, 0.15) is 5.67 Å². The van der Waals surface area contributed by atoms with Crippen molar-refractivity contribution < 1.29 is 9.50 Å². The number of aliphatic hydroxyl groups excluding tert-OH is 1. The maximum Gasteiger partial charge on any atom is 0.139 e. The maximum absolute atomic E-state index is 15.8. The summed E-state index contributed by atoms with van der Waals surface area (Å²) in [6.07, 6.45) is 7.51. The van der Waals surface area contributed by atoms with E-state index in [0.717, 1.165) is 49.9 Å². The van der Waals surface area contributed by atoms with Gasteiger partial charge >= 0.3 is 0 Å². The second kappa shape index (κ2) is 7.23. The third kappa shape index (κ3) is 3.27. The van der Waals surface area contributed by atoms with Crippen LogP contribution in [0, 0.1) is 5.92 Å². The number of aryl methyl sites for hydroxylation is 1. The van der Waals surface area contributed by atoms with Gasteiger partial charge in [-0.15, -0.1) is 0 Å². The number of rotatable bonds is 3. The molecule has 4 heteroatoms. The van der Waals surface area contributed by atoms with Crippen LogP contribution in [0.25, 0.3) is 0 Å². The lowest BCUT2D eigenvalue weighted by Gasteiger charge is -2.44. The highest BCUT2D eigenvalue weighted by molar-refractivity contribution is 5.26. The first-order valence-electron chi connectivity index (χ1n) is 10.7. The second-order valence-electron chi connectivity index (χ2n) is 9.03. The van der Waals surface area contributed by atoms with E-state index in [1.807, 2.05) is 36.4 Å². The van der Waals surface area contributed by atoms with Crippen molar-refractivity contribution in [2.45, 2.75) is 68.8 Å². The minimum absolute atomic E-state index is 0.324. The predicted octanol–water partition coefficient (Wildman–Crippen LogP) is 4.56. The average Bonchev–Trinajstić information content (AvgIpc) is 2.88. The lowest BCUT2D eigenvalue weighted by molar-refractivity contribution is -0.00385. The first-order valence-corrected chi connectivity index (χ1v) is 10.7. The van der Waals surface area contributed by atoms with Gasteiger partial charge in [-0.2, -0.15) is 0 Å². The summed E-state index contributed by atoms with van der Waals surface area (Å²) in [5, 5.41) is 10.7. The zero-order valence-corrected chi connectivity index (χ0v) is 16.3. The van der Waals surface area contributed by atoms with E-state index < -0.39 is 11.8 Å². The first kappa shape index (κ1) is 18.3. The highest BCUT2D eigenvalue weighted by atomic mass is 19.1. The normalized spacial score (nSPS) is 35.4. The fraction of sp³-hybridized carbons (Fsp3) is 0.542. The van der Waals surface area contributed by atoms with E-state index in [4.69, 9.17) is 0 Å². The number of nitrogens with zero attached hydrogens (tertiary/aromatic N) is 2. The van der Waals surface area contributed by atoms with Crippen LogP contribution >= 0.6 is 0 Å². The van der Waals surface area contributed by atoms with Crippen LogP contribution in [0.3, 0.4) is 0 Å². The molecule has 28 heavy (non-hydrogen) atoms. The summed E-state index contributed by atoms with van der Waals surface area (Å²) in [5.41, 5.74) is 1.70. The SMILES string of the molecule is O[C@H]1C[C@H](CN2C3CCC2CC(F)(c2ccccc2)C3)CCc2cccnc21. The van der Waals surface area contributed by atoms with Crippen LogP contribution in [0.4, 0.5) is 4.39 Å². The molecule has 2 aliphatic heterocycles. The highest BCUT2D eigenvalue weighted by Gasteiger charge is 2.49. The van der Waals surface area contributed by atoms with Crippen molar-refractivity contribution in [3.8, 4) is 0 Å². The third-order valence-corrected chi connectivity index (χ3v) is 7.27. The third-order valence-electron chi connectivity index (χ3n) is 7.27. The van der Waals surface area contributed by atoms with E-state index in [1.54, 1.807) is 6.20 Å². The van der Waals surface area contributed by atoms with Crippen molar-refractivity contribution in [3.63, 3.8) is 0 Å². The number of benzene rings is 1. The zero-order chi connectivity index (χ0) is 19.1. The summed E-state index contributed by atoms with van der Waals surface area (Å²) < 4.78 is 15.8. The number of fused-ring (bicyclic) bond motifs is 3. The first-order chi connectivity index (χ1) is 13.6. The van der Waals surface area contributed by atoms with E-state index in [-0.39, 0.29) is 0 Å². The van der Waals surface area contributed by atoms with Crippen LogP contribution in [-0.2, 0) is 12.1 Å². The number of aromatic nitrogens is 1. The maximum atomic E-state index is 15.8. The number of hydrogen-bond donors (Lipinski definition) is 1. The molecule has 148 valence electrons. The Labute approximate surface area is 166 Å². The Bertz CT molecular complexity index is 812. The molecule has 0 amide bonds. The Morgan fingerprint density at radius 1 is 1.04 bits per heavy atom. The van der Waals surface area contributed by atoms with Crippen LogP contribution < -0.4 is 0 Å². The van der Waals surface area contributed by atoms with Crippen LogP contribution in [0.2, 0.25) is 0 Å². The fourth-order valence-electron chi connectivity index (χ4n) is 5.89. The average molecular weight is 381 g/mol. The number of alkyl halides is 1. The standard InChI is InChI=1S/C24H29FN2O/c25-24(19-6-2-1-3-7-19)14-20-10-11-21(15-24)27(20)16-17-8-9-18-5-4-12-26-23(18)22(28)13-17/h1-7,12,17,20-22,28H,8-11,13-16H2/t17-,20?,21?,22+,24?/m1/s1. The van der Waals surface area contributed by atoms with Gasteiger partial charge in [-0.1, -0.05) is 36.4 Å². The Kier molecular flexibility index (Phi) is 4.72. The molecule has 2 unspecified atom stereocenters. The van der Waals surface area contributed by atoms with E-state index in [9.17, 15) is 5.11 Å². The van der Waals surface area contributed by atoms with Gasteiger partial charge in [0.15, 0.2) is 0 Å². The predicted molar refractivity (Wildman–Crippen MR) is 108 cm³/mol. The summed E-state index contributed by atoms with van der Waals surface area (Å²) in [6, 6.07) is 14.4. The highest BCUT2D eigenvalue weighted by Crippen LogP contribution is 2.48. The van der Waals surface area contributed by atoms with Gasteiger partial charge in [-0.3, -0.25) is 9.88 Å². The van der Waals surface area contributed by atoms with Crippen molar-refractivity contribution in [2.24, 2.45) is 5.92 Å². The minimum atomic E-state index is -1.19. The Morgan fingerprint density at radius 3 is 2.54 bits per heavy atom. The molecule has 1 aliphatic carbocycles. The molecule has 5 rings (SSSR count). The quantitative estimate of drug-likeness (QED) is 0.793. The lowest BCUT2D eigenvalue weighted by Crippen LogP contribution is -2.49. The number of piperidine rings is 1. The molecule has 2 aromatic rings. The Hall–Kier alpha value is -1.78. The summed E-state index contributed by atoms with van der Waals surface area (Å²) in [7, 11) is 0. The molecule has 2 fully saturated rings. The molecular formula is C24H29FN2O. The number of hydrogen-bond acceptors (Lipinski definition) is 3. The zero-order valence-electron chi connectivity index (χ0n) is 16.3. The molecule has 2 bridgehead atoms. The van der Waals surface area contributed by atoms with Crippen LogP contribution in [0.15, 0.2) is 48.7 Å². The van der Waals surface area contributed by atoms with Crippen molar-refractivity contribution in [1.82, 2.24) is 9.88 Å². The summed E-state index contributed by atoms with van der Waals surface area (Å²) in [6.45, 7) is 0.977. The molecule has 2 saturated heterocycles. The lowest BCUT2D eigenvalue weighted by atomic mass is 9.81. The molecule has 1 N–H and O–H groups in total. The smallest absolute Gasteiger partial charge is 0.139 e. The number of halogens is 1. The van der Waals surface area contributed by atoms with Crippen molar-refractivity contribution in [3.05, 3.63) is 65.5 Å². The monoisotopic (exact) mass is 380 g/mol. The molecule has 3 nitrogen and oxygen atoms in total. The van der Waals surface area contributed by atoms with Gasteiger partial charge in [0.2, 0.25) is 0 Å². The van der Waals surface area contributed by atoms with E-state index in [2.05, 4.69) is 16.0 Å². The fourth-order valence-corrected chi connectivity index (χ4v) is 5.89. The van der Waals surface area contributed by atoms with Gasteiger partial charge in [0.25, 0.3) is 0 Å². The Morgan fingerprint density at radius 2 is 1.79 bits per heavy atom. The summed E-state index contributed by atoms with van der Waals surface area (Å²) in [4.78, 5) is 6.99. The molecule has 3 aliphatic rings. The summed E-state index contributed by atoms with van der Waals surface area (Å²) in [5.74, 6) is 0.441. The molecule has 0 saturated carbocycles. The van der Waals surface area contributed by atoms with Crippen LogP contribution in [-0.4, -0.2) is 33.6 Å². The van der Waals surface area contributed by atoms with Gasteiger partial charge in [-0.25, -0.2) is 4.39 Å². The van der Waals surface area contributed by atoms with Crippen molar-refractivity contribution >= 4 is 0 Å². The van der Waals surface area contributed by atoms with Crippen molar-refractivity contribution in [2.75, 3.05) is 6.54 Å². The largest absolute Gasteiger partial charge is 0.387 e. The molecular weight excluding hydrogens is 351 g/mol. The number of aliphatic hydroxyl groups is 1. The van der Waals surface area contributed by atoms with Crippen molar-refractivity contribution in [1.29, 1.82) is 0 Å². The van der Waals surface area contributed by atoms with E-state index in [1.165, 1.54) is 5.56 Å². The molecule has 3 heterocycles. The molecule has 0 spiro atoms. The molecule has 1 aromatic carbocycles. The molecule has 4 atom stereocenters. The van der Waals surface area contributed by atoms with Gasteiger partial charge < -0.3 is 5.11 Å². The van der Waals surface area contributed by atoms with Gasteiger partial charge in [-0.05, 0) is 55.2 Å². The summed E-state index contributed by atoms with van der Waals surface area (Å²) >= 11 is 0. The Balaban J connectivity index is 1.29. The van der Waals surface area contributed by atoms with Gasteiger partial charge in [0.05, 0.1) is 11.8 Å². The van der Waals surface area contributed by atoms with Gasteiger partial charge in [0, 0.05) is 37.7 Å². The van der Waals surface area contributed by atoms with E-state index >= 15 is 4.39 Å².